The minimum absolute atomic E-state index is 0.519. The van der Waals surface area contributed by atoms with E-state index >= 15 is 0 Å². The summed E-state index contributed by atoms with van der Waals surface area (Å²) >= 11 is 0. The Bertz CT molecular complexity index is 1480. The van der Waals surface area contributed by atoms with Crippen molar-refractivity contribution in [2.24, 2.45) is 0 Å². The summed E-state index contributed by atoms with van der Waals surface area (Å²) in [6.45, 7) is 7.81. The second kappa shape index (κ2) is 9.90. The highest BCUT2D eigenvalue weighted by Crippen LogP contribution is 2.56. The van der Waals surface area contributed by atoms with Gasteiger partial charge in [-0.25, -0.2) is 0 Å². The first-order chi connectivity index (χ1) is 18.2. The third-order valence-electron chi connectivity index (χ3n) is 6.98. The lowest BCUT2D eigenvalue weighted by molar-refractivity contribution is 0.500. The van der Waals surface area contributed by atoms with Gasteiger partial charge in [-0.2, -0.15) is 0 Å². The number of hydrogen-bond acceptors (Lipinski definition) is 4. The van der Waals surface area contributed by atoms with E-state index in [0.717, 1.165) is 33.4 Å². The first kappa shape index (κ1) is 23.7. The van der Waals surface area contributed by atoms with Crippen molar-refractivity contribution in [3.63, 3.8) is 0 Å². The van der Waals surface area contributed by atoms with Gasteiger partial charge in [0.05, 0.1) is 5.41 Å². The lowest BCUT2D eigenvalue weighted by Crippen LogP contribution is -2.29. The normalized spacial score (nSPS) is 12.4. The molecule has 0 saturated carbocycles. The number of rotatable bonds is 8. The highest BCUT2D eigenvalue weighted by Gasteiger charge is 2.46. The van der Waals surface area contributed by atoms with Crippen molar-refractivity contribution in [1.82, 2.24) is 0 Å². The fourth-order valence-electron chi connectivity index (χ4n) is 5.58. The van der Waals surface area contributed by atoms with E-state index in [9.17, 15) is 10.5 Å². The zero-order chi connectivity index (χ0) is 25.8. The number of hydrogen-bond donors (Lipinski definition) is 0. The Hall–Kier alpha value is -5.06. The summed E-state index contributed by atoms with van der Waals surface area (Å²) < 4.78 is 10.6. The van der Waals surface area contributed by atoms with Crippen LogP contribution in [0, 0.1) is 23.0 Å². The monoisotopic (exact) mass is 480 g/mol. The third kappa shape index (κ3) is 3.77. The van der Waals surface area contributed by atoms with E-state index in [1.54, 1.807) is 12.5 Å². The summed E-state index contributed by atoms with van der Waals surface area (Å²) in [5, 5.41) is 18.4. The molecule has 0 aliphatic heterocycles. The summed E-state index contributed by atoms with van der Waals surface area (Å²) in [4.78, 5) is 0. The molecule has 0 heterocycles. The Morgan fingerprint density at radius 3 is 1.49 bits per heavy atom. The molecular formula is C33H24N2O2. The molecule has 178 valence electrons. The van der Waals surface area contributed by atoms with Crippen LogP contribution in [0.5, 0.6) is 11.5 Å². The molecular weight excluding hydrogens is 456 g/mol. The molecule has 4 aromatic carbocycles. The standard InChI is InChI=1S/C33H24N2O2/c1-3-9-23-19-25(15-17-31(23)36-21-34)33(26-16-18-32(37-22-35)24(20-26)10-4-2)29-13-7-5-11-27(29)28-12-6-8-14-30(28)33/h3-8,11-20H,1-2,9-10H2. The van der Waals surface area contributed by atoms with Gasteiger partial charge < -0.3 is 9.47 Å². The van der Waals surface area contributed by atoms with Gasteiger partial charge in [0.25, 0.3) is 12.5 Å². The molecule has 4 aromatic rings. The molecule has 1 aliphatic carbocycles. The number of nitriles is 2. The van der Waals surface area contributed by atoms with Gasteiger partial charge in [-0.1, -0.05) is 84.9 Å². The second-order valence-corrected chi connectivity index (χ2v) is 8.86. The van der Waals surface area contributed by atoms with E-state index in [2.05, 4.69) is 73.8 Å². The number of fused-ring (bicyclic) bond motifs is 3. The Labute approximate surface area is 217 Å². The molecule has 0 saturated heterocycles. The smallest absolute Gasteiger partial charge is 0.292 e. The molecule has 0 unspecified atom stereocenters. The molecule has 1 aliphatic rings. The van der Waals surface area contributed by atoms with Gasteiger partial charge in [0.15, 0.2) is 0 Å². The maximum absolute atomic E-state index is 9.19. The zero-order valence-electron chi connectivity index (χ0n) is 20.3. The van der Waals surface area contributed by atoms with Crippen molar-refractivity contribution in [3.8, 4) is 35.1 Å². The Kier molecular flexibility index (Phi) is 6.33. The van der Waals surface area contributed by atoms with Crippen LogP contribution in [0.2, 0.25) is 0 Å². The maximum Gasteiger partial charge on any atom is 0.292 e. The van der Waals surface area contributed by atoms with Crippen molar-refractivity contribution >= 4 is 0 Å². The van der Waals surface area contributed by atoms with Crippen LogP contribution < -0.4 is 9.47 Å². The van der Waals surface area contributed by atoms with Gasteiger partial charge >= 0.3 is 0 Å². The molecule has 4 heteroatoms. The van der Waals surface area contributed by atoms with Gasteiger partial charge in [-0.05, 0) is 58.4 Å². The summed E-state index contributed by atoms with van der Waals surface area (Å²) in [6.07, 6.45) is 8.33. The number of benzene rings is 4. The second-order valence-electron chi connectivity index (χ2n) is 8.86. The van der Waals surface area contributed by atoms with E-state index in [-0.39, 0.29) is 0 Å². The van der Waals surface area contributed by atoms with Gasteiger partial charge in [0.1, 0.15) is 11.5 Å². The summed E-state index contributed by atoms with van der Waals surface area (Å²) in [7, 11) is 0. The van der Waals surface area contributed by atoms with E-state index in [1.807, 2.05) is 36.4 Å². The SMILES string of the molecule is C=CCc1cc(C2(c3ccc(OC#N)c(CC=C)c3)c3ccccc3-c3ccccc32)ccc1OC#N. The molecule has 5 rings (SSSR count). The molecule has 0 bridgehead atoms. The van der Waals surface area contributed by atoms with Crippen molar-refractivity contribution in [2.45, 2.75) is 18.3 Å². The number of ether oxygens (including phenoxy) is 2. The van der Waals surface area contributed by atoms with Crippen LogP contribution in [0.15, 0.2) is 110 Å². The molecule has 4 nitrogen and oxygen atoms in total. The van der Waals surface area contributed by atoms with Crippen molar-refractivity contribution in [2.75, 3.05) is 0 Å². The van der Waals surface area contributed by atoms with Crippen LogP contribution in [0.1, 0.15) is 33.4 Å². The third-order valence-corrected chi connectivity index (χ3v) is 6.98. The number of allylic oxidation sites excluding steroid dienone is 2. The molecule has 0 radical (unpaired) electrons. The highest BCUT2D eigenvalue weighted by molar-refractivity contribution is 5.86. The van der Waals surface area contributed by atoms with Crippen LogP contribution in [0.4, 0.5) is 0 Å². The average molecular weight is 481 g/mol. The lowest BCUT2D eigenvalue weighted by atomic mass is 9.67. The molecule has 37 heavy (non-hydrogen) atoms. The first-order valence-corrected chi connectivity index (χ1v) is 12.0. The van der Waals surface area contributed by atoms with E-state index in [0.29, 0.717) is 24.3 Å². The molecule has 0 aromatic heterocycles. The fourth-order valence-corrected chi connectivity index (χ4v) is 5.58. The van der Waals surface area contributed by atoms with Crippen molar-refractivity contribution < 1.29 is 9.47 Å². The Balaban J connectivity index is 1.89. The summed E-state index contributed by atoms with van der Waals surface area (Å²) in [5.41, 5.74) is 7.87. The van der Waals surface area contributed by atoms with E-state index in [4.69, 9.17) is 9.47 Å². The topological polar surface area (TPSA) is 66.0 Å². The Morgan fingerprint density at radius 1 is 0.649 bits per heavy atom. The van der Waals surface area contributed by atoms with Crippen LogP contribution in [0.25, 0.3) is 11.1 Å². The average Bonchev–Trinajstić information content (AvgIpc) is 3.23. The highest BCUT2D eigenvalue weighted by atomic mass is 16.5. The van der Waals surface area contributed by atoms with Gasteiger partial charge in [-0.3, -0.25) is 0 Å². The predicted octanol–water partition coefficient (Wildman–Crippen LogP) is 7.23. The van der Waals surface area contributed by atoms with Crippen LogP contribution in [-0.2, 0) is 18.3 Å². The largest absolute Gasteiger partial charge is 0.388 e. The molecule has 0 N–H and O–H groups in total. The lowest BCUT2D eigenvalue weighted by Gasteiger charge is -2.34. The molecule has 0 amide bonds. The molecule has 0 atom stereocenters. The van der Waals surface area contributed by atoms with E-state index in [1.165, 1.54) is 11.1 Å². The minimum Gasteiger partial charge on any atom is -0.388 e. The zero-order valence-corrected chi connectivity index (χ0v) is 20.3. The van der Waals surface area contributed by atoms with E-state index < -0.39 is 5.41 Å². The van der Waals surface area contributed by atoms with Crippen LogP contribution >= 0.6 is 0 Å². The molecule has 0 spiro atoms. The van der Waals surface area contributed by atoms with Crippen molar-refractivity contribution in [1.29, 1.82) is 10.5 Å². The minimum atomic E-state index is -0.643. The Morgan fingerprint density at radius 2 is 1.08 bits per heavy atom. The van der Waals surface area contributed by atoms with Gasteiger partial charge in [0.2, 0.25) is 0 Å². The quantitative estimate of drug-likeness (QED) is 0.174. The summed E-state index contributed by atoms with van der Waals surface area (Å²) in [5.74, 6) is 1.04. The molecule has 0 fully saturated rings. The van der Waals surface area contributed by atoms with Gasteiger partial charge in [0, 0.05) is 11.1 Å². The van der Waals surface area contributed by atoms with Crippen LogP contribution in [0.3, 0.4) is 0 Å². The summed E-state index contributed by atoms with van der Waals surface area (Å²) in [6, 6.07) is 28.9. The predicted molar refractivity (Wildman–Crippen MR) is 144 cm³/mol. The van der Waals surface area contributed by atoms with Gasteiger partial charge in [-0.15, -0.1) is 23.7 Å². The number of nitrogens with zero attached hydrogens (tertiary/aromatic N) is 2. The van der Waals surface area contributed by atoms with Crippen molar-refractivity contribution in [3.05, 3.63) is 144 Å². The fraction of sp³-hybridized carbons (Fsp3) is 0.0909. The first-order valence-electron chi connectivity index (χ1n) is 12.0. The maximum atomic E-state index is 9.19. The van der Waals surface area contributed by atoms with Crippen LogP contribution in [-0.4, -0.2) is 0 Å².